The van der Waals surface area contributed by atoms with E-state index in [1.807, 2.05) is 41.9 Å². The molecule has 0 spiro atoms. The number of H-pyrrole nitrogens is 1. The molecule has 0 aliphatic carbocycles. The number of pyridine rings is 1. The minimum atomic E-state index is 0.968. The van der Waals surface area contributed by atoms with Crippen LogP contribution in [0.15, 0.2) is 36.8 Å². The number of hydrogen-bond acceptors (Lipinski definition) is 2. The largest absolute Gasteiger partial charge is 0.306 e. The van der Waals surface area contributed by atoms with Crippen LogP contribution in [-0.4, -0.2) is 19.6 Å². The summed E-state index contributed by atoms with van der Waals surface area (Å²) in [7, 11) is 0. The van der Waals surface area contributed by atoms with Gasteiger partial charge in [0.25, 0.3) is 0 Å². The number of aromatic amines is 1. The Morgan fingerprint density at radius 3 is 2.93 bits per heavy atom. The molecule has 0 atom stereocenters. The molecule has 74 valence electrons. The van der Waals surface area contributed by atoms with Crippen LogP contribution in [0.1, 0.15) is 5.69 Å². The van der Waals surface area contributed by atoms with E-state index in [0.29, 0.717) is 0 Å². The zero-order chi connectivity index (χ0) is 10.3. The lowest BCUT2D eigenvalue weighted by Crippen LogP contribution is -1.85. The van der Waals surface area contributed by atoms with E-state index in [1.165, 1.54) is 0 Å². The third kappa shape index (κ3) is 1.30. The number of nitrogens with one attached hydrogen (secondary N) is 1. The van der Waals surface area contributed by atoms with Crippen LogP contribution >= 0.6 is 0 Å². The van der Waals surface area contributed by atoms with E-state index < -0.39 is 0 Å². The third-order valence-corrected chi connectivity index (χ3v) is 2.38. The van der Waals surface area contributed by atoms with Crippen LogP contribution in [0.25, 0.3) is 16.9 Å². The Morgan fingerprint density at radius 2 is 2.13 bits per heavy atom. The molecule has 0 saturated heterocycles. The highest BCUT2D eigenvalue weighted by atomic mass is 15.1. The van der Waals surface area contributed by atoms with Gasteiger partial charge in [-0.1, -0.05) is 0 Å². The molecule has 0 aliphatic heterocycles. The number of nitrogens with zero attached hydrogens (tertiary/aromatic N) is 3. The van der Waals surface area contributed by atoms with Gasteiger partial charge in [-0.3, -0.25) is 5.10 Å². The predicted octanol–water partition coefficient (Wildman–Crippen LogP) is 2.03. The lowest BCUT2D eigenvalue weighted by atomic mass is 10.2. The van der Waals surface area contributed by atoms with E-state index in [0.717, 1.165) is 22.6 Å². The Kier molecular flexibility index (Phi) is 1.62. The van der Waals surface area contributed by atoms with Gasteiger partial charge in [-0.05, 0) is 25.1 Å². The average Bonchev–Trinajstić information content (AvgIpc) is 2.82. The Bertz CT molecular complexity index is 592. The molecular formula is C11H10N4. The number of aryl methyl sites for hydroxylation is 1. The highest BCUT2D eigenvalue weighted by molar-refractivity contribution is 5.60. The van der Waals surface area contributed by atoms with E-state index in [1.54, 1.807) is 6.20 Å². The summed E-state index contributed by atoms with van der Waals surface area (Å²) < 4.78 is 2.02. The molecule has 0 radical (unpaired) electrons. The van der Waals surface area contributed by atoms with Gasteiger partial charge in [-0.25, -0.2) is 4.98 Å². The van der Waals surface area contributed by atoms with Crippen LogP contribution in [-0.2, 0) is 0 Å². The topological polar surface area (TPSA) is 46.0 Å². The maximum absolute atomic E-state index is 4.37. The van der Waals surface area contributed by atoms with Crippen molar-refractivity contribution in [3.8, 4) is 11.3 Å². The van der Waals surface area contributed by atoms with E-state index in [4.69, 9.17) is 0 Å². The summed E-state index contributed by atoms with van der Waals surface area (Å²) in [5, 5.41) is 6.88. The molecule has 0 saturated carbocycles. The fraction of sp³-hybridized carbons (Fsp3) is 0.0909. The number of aromatic nitrogens is 4. The molecule has 0 aromatic carbocycles. The standard InChI is InChI=1S/C11H10N4/c1-8-6-15-7-9(2-3-11(15)13-8)10-4-5-12-14-10/h2-7H,1H3,(H,12,14). The first-order valence-electron chi connectivity index (χ1n) is 4.78. The van der Waals surface area contributed by atoms with Crippen LogP contribution in [0.5, 0.6) is 0 Å². The van der Waals surface area contributed by atoms with Gasteiger partial charge in [0.05, 0.1) is 11.4 Å². The molecular weight excluding hydrogens is 188 g/mol. The summed E-state index contributed by atoms with van der Waals surface area (Å²) in [6.07, 6.45) is 5.80. The fourth-order valence-electron chi connectivity index (χ4n) is 1.69. The van der Waals surface area contributed by atoms with Crippen LogP contribution in [0.2, 0.25) is 0 Å². The van der Waals surface area contributed by atoms with Crippen LogP contribution in [0.4, 0.5) is 0 Å². The number of imidazole rings is 1. The van der Waals surface area contributed by atoms with Crippen molar-refractivity contribution in [3.63, 3.8) is 0 Å². The summed E-state index contributed by atoms with van der Waals surface area (Å²) in [4.78, 5) is 4.37. The van der Waals surface area contributed by atoms with Gasteiger partial charge in [-0.2, -0.15) is 5.10 Å². The van der Waals surface area contributed by atoms with Crippen molar-refractivity contribution in [3.05, 3.63) is 42.5 Å². The number of hydrogen-bond donors (Lipinski definition) is 1. The van der Waals surface area contributed by atoms with Gasteiger partial charge < -0.3 is 4.40 Å². The summed E-state index contributed by atoms with van der Waals surface area (Å²) in [5.41, 5.74) is 4.12. The Balaban J connectivity index is 2.21. The molecule has 0 aliphatic rings. The van der Waals surface area contributed by atoms with Crippen molar-refractivity contribution in [1.29, 1.82) is 0 Å². The second kappa shape index (κ2) is 2.95. The molecule has 1 N–H and O–H groups in total. The molecule has 3 aromatic rings. The van der Waals surface area contributed by atoms with Gasteiger partial charge in [0, 0.05) is 24.2 Å². The molecule has 0 fully saturated rings. The summed E-state index contributed by atoms with van der Waals surface area (Å²) in [5.74, 6) is 0. The van der Waals surface area contributed by atoms with E-state index in [2.05, 4.69) is 15.2 Å². The maximum atomic E-state index is 4.37. The first kappa shape index (κ1) is 8.23. The van der Waals surface area contributed by atoms with Crippen LogP contribution in [0, 0.1) is 6.92 Å². The lowest BCUT2D eigenvalue weighted by molar-refractivity contribution is 1.09. The van der Waals surface area contributed by atoms with Gasteiger partial charge in [0.15, 0.2) is 0 Å². The van der Waals surface area contributed by atoms with Crippen molar-refractivity contribution in [1.82, 2.24) is 19.6 Å². The predicted molar refractivity (Wildman–Crippen MR) is 57.5 cm³/mol. The first-order chi connectivity index (χ1) is 7.33. The van der Waals surface area contributed by atoms with Crippen LogP contribution < -0.4 is 0 Å². The maximum Gasteiger partial charge on any atom is 0.136 e. The van der Waals surface area contributed by atoms with Gasteiger partial charge >= 0.3 is 0 Å². The zero-order valence-electron chi connectivity index (χ0n) is 8.31. The van der Waals surface area contributed by atoms with E-state index in [-0.39, 0.29) is 0 Å². The minimum absolute atomic E-state index is 0.968. The molecule has 3 aromatic heterocycles. The Hall–Kier alpha value is -2.10. The second-order valence-corrected chi connectivity index (χ2v) is 3.54. The molecule has 0 unspecified atom stereocenters. The van der Waals surface area contributed by atoms with Crippen molar-refractivity contribution in [2.75, 3.05) is 0 Å². The molecule has 4 heteroatoms. The van der Waals surface area contributed by atoms with Gasteiger partial charge in [-0.15, -0.1) is 0 Å². The average molecular weight is 198 g/mol. The van der Waals surface area contributed by atoms with E-state index >= 15 is 0 Å². The molecule has 3 heterocycles. The molecule has 15 heavy (non-hydrogen) atoms. The Morgan fingerprint density at radius 1 is 1.20 bits per heavy atom. The summed E-state index contributed by atoms with van der Waals surface area (Å²) in [6.45, 7) is 1.99. The van der Waals surface area contributed by atoms with Gasteiger partial charge in [0.1, 0.15) is 5.65 Å². The van der Waals surface area contributed by atoms with Crippen LogP contribution in [0.3, 0.4) is 0 Å². The van der Waals surface area contributed by atoms with Crippen molar-refractivity contribution in [2.45, 2.75) is 6.92 Å². The minimum Gasteiger partial charge on any atom is -0.306 e. The van der Waals surface area contributed by atoms with Crippen molar-refractivity contribution < 1.29 is 0 Å². The molecule has 3 rings (SSSR count). The smallest absolute Gasteiger partial charge is 0.136 e. The van der Waals surface area contributed by atoms with Gasteiger partial charge in [0.2, 0.25) is 0 Å². The normalized spacial score (nSPS) is 11.0. The van der Waals surface area contributed by atoms with E-state index in [9.17, 15) is 0 Å². The summed E-state index contributed by atoms with van der Waals surface area (Å²) in [6, 6.07) is 5.99. The van der Waals surface area contributed by atoms with Crippen molar-refractivity contribution in [2.24, 2.45) is 0 Å². The fourth-order valence-corrected chi connectivity index (χ4v) is 1.69. The Labute approximate surface area is 86.6 Å². The highest BCUT2D eigenvalue weighted by Crippen LogP contribution is 2.17. The SMILES string of the molecule is Cc1cn2cc(-c3ccn[nH]3)ccc2n1. The highest BCUT2D eigenvalue weighted by Gasteiger charge is 2.01. The zero-order valence-corrected chi connectivity index (χ0v) is 8.31. The van der Waals surface area contributed by atoms with Crippen molar-refractivity contribution >= 4 is 5.65 Å². The summed E-state index contributed by atoms with van der Waals surface area (Å²) >= 11 is 0. The second-order valence-electron chi connectivity index (χ2n) is 3.54. The molecule has 0 bridgehead atoms. The lowest BCUT2D eigenvalue weighted by Gasteiger charge is -1.98. The third-order valence-electron chi connectivity index (χ3n) is 2.38. The quantitative estimate of drug-likeness (QED) is 0.650. The monoisotopic (exact) mass is 198 g/mol. The first-order valence-corrected chi connectivity index (χ1v) is 4.78. The molecule has 0 amide bonds. The molecule has 4 nitrogen and oxygen atoms in total. The number of rotatable bonds is 1. The number of fused-ring (bicyclic) bond motifs is 1.